The minimum Gasteiger partial charge on any atom is -0.489 e. The number of rotatable bonds is 7. The second-order valence-electron chi connectivity index (χ2n) is 9.30. The molecule has 0 N–H and O–H groups in total. The van der Waals surface area contributed by atoms with Gasteiger partial charge in [-0.2, -0.15) is 0 Å². The highest BCUT2D eigenvalue weighted by molar-refractivity contribution is 5.37. The van der Waals surface area contributed by atoms with Gasteiger partial charge in [0.2, 0.25) is 0 Å². The molecule has 0 bridgehead atoms. The molecule has 0 aromatic heterocycles. The van der Waals surface area contributed by atoms with Crippen molar-refractivity contribution in [1.82, 2.24) is 4.90 Å². The van der Waals surface area contributed by atoms with E-state index in [-0.39, 0.29) is 0 Å². The van der Waals surface area contributed by atoms with E-state index in [1.54, 1.807) is 0 Å². The van der Waals surface area contributed by atoms with Crippen LogP contribution >= 0.6 is 0 Å². The molecule has 0 spiro atoms. The Kier molecular flexibility index (Phi) is 6.24. The maximum absolute atomic E-state index is 6.11. The first-order chi connectivity index (χ1) is 15.2. The zero-order chi connectivity index (χ0) is 21.0. The molecular formula is C28H33NO2. The summed E-state index contributed by atoms with van der Waals surface area (Å²) in [5.41, 5.74) is 5.38. The minimum absolute atomic E-state index is 0.471. The molecule has 1 aliphatic carbocycles. The molecule has 5 rings (SSSR count). The van der Waals surface area contributed by atoms with E-state index in [0.717, 1.165) is 44.8 Å². The number of nitrogens with zero attached hydrogens (tertiary/aromatic N) is 1. The quantitative estimate of drug-likeness (QED) is 0.599. The monoisotopic (exact) mass is 415 g/mol. The number of allylic oxidation sites excluding steroid dienone is 3. The van der Waals surface area contributed by atoms with Crippen molar-refractivity contribution in [2.75, 3.05) is 19.7 Å². The van der Waals surface area contributed by atoms with Crippen molar-refractivity contribution in [1.29, 1.82) is 0 Å². The fraction of sp³-hybridized carbons (Fsp3) is 0.429. The van der Waals surface area contributed by atoms with Gasteiger partial charge in [-0.15, -0.1) is 0 Å². The van der Waals surface area contributed by atoms with Crippen LogP contribution in [-0.2, 0) is 24.3 Å². The molecule has 3 atom stereocenters. The van der Waals surface area contributed by atoms with Crippen LogP contribution in [0.5, 0.6) is 5.75 Å². The van der Waals surface area contributed by atoms with Gasteiger partial charge in [0.05, 0.1) is 6.10 Å². The van der Waals surface area contributed by atoms with Crippen LogP contribution in [-0.4, -0.2) is 30.7 Å². The first-order valence-corrected chi connectivity index (χ1v) is 11.7. The molecule has 2 aromatic rings. The average Bonchev–Trinajstić information content (AvgIpc) is 2.76. The lowest BCUT2D eigenvalue weighted by Crippen LogP contribution is -2.38. The zero-order valence-corrected chi connectivity index (χ0v) is 18.5. The molecule has 0 amide bonds. The molecule has 3 aliphatic rings. The Bertz CT molecular complexity index is 942. The molecule has 2 aliphatic heterocycles. The van der Waals surface area contributed by atoms with Gasteiger partial charge >= 0.3 is 0 Å². The highest BCUT2D eigenvalue weighted by Crippen LogP contribution is 2.31. The smallest absolute Gasteiger partial charge is 0.120 e. The van der Waals surface area contributed by atoms with Gasteiger partial charge in [-0.3, -0.25) is 4.90 Å². The number of hydrogen-bond donors (Lipinski definition) is 0. The van der Waals surface area contributed by atoms with Crippen LogP contribution in [0.3, 0.4) is 0 Å². The van der Waals surface area contributed by atoms with Crippen molar-refractivity contribution < 1.29 is 9.47 Å². The third kappa shape index (κ3) is 5.11. The Balaban J connectivity index is 1.20. The first-order valence-electron chi connectivity index (χ1n) is 11.7. The molecule has 3 nitrogen and oxygen atoms in total. The number of ether oxygens (including phenoxy) is 2. The van der Waals surface area contributed by atoms with Crippen molar-refractivity contribution in [2.45, 2.75) is 45.4 Å². The summed E-state index contributed by atoms with van der Waals surface area (Å²) >= 11 is 0. The predicted octanol–water partition coefficient (Wildman–Crippen LogP) is 5.47. The lowest BCUT2D eigenvalue weighted by atomic mass is 9.82. The minimum atomic E-state index is 0.471. The molecule has 1 saturated heterocycles. The van der Waals surface area contributed by atoms with Crippen molar-refractivity contribution in [3.63, 3.8) is 0 Å². The summed E-state index contributed by atoms with van der Waals surface area (Å²) in [6, 6.07) is 15.2. The van der Waals surface area contributed by atoms with Crippen LogP contribution in [0.4, 0.5) is 0 Å². The fourth-order valence-electron chi connectivity index (χ4n) is 4.91. The molecule has 2 heterocycles. The third-order valence-corrected chi connectivity index (χ3v) is 6.97. The van der Waals surface area contributed by atoms with Gasteiger partial charge in [0.15, 0.2) is 0 Å². The Morgan fingerprint density at radius 1 is 1.00 bits per heavy atom. The van der Waals surface area contributed by atoms with Crippen molar-refractivity contribution in [3.05, 3.63) is 89.0 Å². The largest absolute Gasteiger partial charge is 0.489 e. The van der Waals surface area contributed by atoms with E-state index in [1.807, 2.05) is 0 Å². The lowest BCUT2D eigenvalue weighted by molar-refractivity contribution is -0.0628. The highest BCUT2D eigenvalue weighted by atomic mass is 16.5. The number of hydrogen-bond acceptors (Lipinski definition) is 3. The molecule has 2 unspecified atom stereocenters. The molecule has 1 fully saturated rings. The summed E-state index contributed by atoms with van der Waals surface area (Å²) < 4.78 is 11.8. The van der Waals surface area contributed by atoms with Gasteiger partial charge in [-0.1, -0.05) is 60.2 Å². The van der Waals surface area contributed by atoms with Gasteiger partial charge in [0, 0.05) is 26.2 Å². The second kappa shape index (κ2) is 9.42. The van der Waals surface area contributed by atoms with Gasteiger partial charge in [-0.25, -0.2) is 0 Å². The van der Waals surface area contributed by atoms with E-state index in [1.165, 1.54) is 28.7 Å². The molecular weight excluding hydrogens is 382 g/mol. The summed E-state index contributed by atoms with van der Waals surface area (Å²) in [5, 5.41) is 0. The Morgan fingerprint density at radius 2 is 1.81 bits per heavy atom. The fourth-order valence-corrected chi connectivity index (χ4v) is 4.91. The highest BCUT2D eigenvalue weighted by Gasteiger charge is 2.28. The van der Waals surface area contributed by atoms with E-state index in [0.29, 0.717) is 24.5 Å². The SMILES string of the molecule is Cc1ccc(COc2ccc3c(c2)CN(CC2C=CC=C[C@@H]2CC2CCO2)CC3)cc1. The van der Waals surface area contributed by atoms with Crippen LogP contribution in [0, 0.1) is 18.8 Å². The molecule has 0 radical (unpaired) electrons. The van der Waals surface area contributed by atoms with E-state index in [4.69, 9.17) is 9.47 Å². The summed E-state index contributed by atoms with van der Waals surface area (Å²) in [6.07, 6.45) is 13.2. The Labute approximate surface area is 186 Å². The van der Waals surface area contributed by atoms with E-state index in [2.05, 4.69) is 78.6 Å². The summed E-state index contributed by atoms with van der Waals surface area (Å²) in [5.74, 6) is 2.15. The molecule has 0 saturated carbocycles. The van der Waals surface area contributed by atoms with Crippen LogP contribution in [0.1, 0.15) is 35.1 Å². The zero-order valence-electron chi connectivity index (χ0n) is 18.5. The first kappa shape index (κ1) is 20.5. The van der Waals surface area contributed by atoms with Crippen molar-refractivity contribution >= 4 is 0 Å². The van der Waals surface area contributed by atoms with E-state index >= 15 is 0 Å². The summed E-state index contributed by atoms with van der Waals surface area (Å²) in [7, 11) is 0. The number of benzene rings is 2. The molecule has 162 valence electrons. The molecule has 31 heavy (non-hydrogen) atoms. The van der Waals surface area contributed by atoms with Crippen LogP contribution in [0.2, 0.25) is 0 Å². The van der Waals surface area contributed by atoms with E-state index < -0.39 is 0 Å². The number of fused-ring (bicyclic) bond motifs is 1. The van der Waals surface area contributed by atoms with Crippen molar-refractivity contribution in [2.24, 2.45) is 11.8 Å². The normalized spacial score (nSPS) is 25.1. The Hall–Kier alpha value is -2.36. The number of aryl methyl sites for hydroxylation is 1. The second-order valence-corrected chi connectivity index (χ2v) is 9.30. The maximum atomic E-state index is 6.11. The van der Waals surface area contributed by atoms with Gasteiger partial charge in [0.1, 0.15) is 12.4 Å². The van der Waals surface area contributed by atoms with E-state index in [9.17, 15) is 0 Å². The summed E-state index contributed by atoms with van der Waals surface area (Å²) in [6.45, 7) is 6.94. The van der Waals surface area contributed by atoms with Crippen molar-refractivity contribution in [3.8, 4) is 5.75 Å². The standard InChI is InChI=1S/C28H33NO2/c1-21-6-8-22(9-7-21)20-31-27-11-10-23-12-14-29(19-26(23)17-27)18-25-5-3-2-4-24(25)16-28-13-15-30-28/h2-11,17,24-25,28H,12-16,18-20H2,1H3/t24-,25?,28?/m1/s1. The molecule has 3 heteroatoms. The average molecular weight is 416 g/mol. The predicted molar refractivity (Wildman–Crippen MR) is 125 cm³/mol. The summed E-state index contributed by atoms with van der Waals surface area (Å²) in [4.78, 5) is 2.62. The van der Waals surface area contributed by atoms with Gasteiger partial charge < -0.3 is 9.47 Å². The van der Waals surface area contributed by atoms with Gasteiger partial charge in [0.25, 0.3) is 0 Å². The molecule has 2 aromatic carbocycles. The topological polar surface area (TPSA) is 21.7 Å². The van der Waals surface area contributed by atoms with Gasteiger partial charge in [-0.05, 0) is 66.8 Å². The van der Waals surface area contributed by atoms with Crippen LogP contribution < -0.4 is 4.74 Å². The lowest BCUT2D eigenvalue weighted by Gasteiger charge is -2.36. The maximum Gasteiger partial charge on any atom is 0.120 e. The van der Waals surface area contributed by atoms with Crippen LogP contribution in [0.15, 0.2) is 66.8 Å². The third-order valence-electron chi connectivity index (χ3n) is 6.97. The van der Waals surface area contributed by atoms with Crippen LogP contribution in [0.25, 0.3) is 0 Å². The Morgan fingerprint density at radius 3 is 2.58 bits per heavy atom.